The first-order valence-corrected chi connectivity index (χ1v) is 7.42. The largest absolute Gasteiger partial charge is 0.312 e. The fourth-order valence-electron chi connectivity index (χ4n) is 1.87. The summed E-state index contributed by atoms with van der Waals surface area (Å²) in [4.78, 5) is 13.1. The average molecular weight is 277 g/mol. The fraction of sp³-hybridized carbons (Fsp3) is 0.429. The average Bonchev–Trinajstić information content (AvgIpc) is 2.93. The number of nitrogens with one attached hydrogen (secondary N) is 1. The van der Waals surface area contributed by atoms with E-state index in [4.69, 9.17) is 0 Å². The van der Waals surface area contributed by atoms with Gasteiger partial charge in [0.2, 0.25) is 0 Å². The Morgan fingerprint density at radius 2 is 2.32 bits per heavy atom. The monoisotopic (exact) mass is 277 g/mol. The second kappa shape index (κ2) is 6.63. The molecule has 0 saturated heterocycles. The molecule has 0 saturated carbocycles. The summed E-state index contributed by atoms with van der Waals surface area (Å²) >= 11 is 1.63. The second-order valence-electron chi connectivity index (χ2n) is 4.49. The van der Waals surface area contributed by atoms with Crippen molar-refractivity contribution in [1.29, 1.82) is 0 Å². The first-order chi connectivity index (χ1) is 9.22. The SMILES string of the molecule is CCCCNCc1cc(-c2cccs2)nn(C)c1=O. The van der Waals surface area contributed by atoms with E-state index in [0.717, 1.165) is 35.5 Å². The molecule has 0 unspecified atom stereocenters. The summed E-state index contributed by atoms with van der Waals surface area (Å²) in [7, 11) is 1.70. The standard InChI is InChI=1S/C14H19N3OS/c1-3-4-7-15-10-11-9-12(13-6-5-8-19-13)16-17(2)14(11)18/h5-6,8-9,15H,3-4,7,10H2,1-2H3. The highest BCUT2D eigenvalue weighted by Gasteiger charge is 2.08. The maximum absolute atomic E-state index is 12.0. The minimum absolute atomic E-state index is 0.0238. The molecule has 2 heterocycles. The molecule has 0 spiro atoms. The van der Waals surface area contributed by atoms with Crippen molar-refractivity contribution in [2.75, 3.05) is 6.54 Å². The molecule has 0 bridgehead atoms. The normalized spacial score (nSPS) is 10.8. The van der Waals surface area contributed by atoms with Crippen LogP contribution in [0, 0.1) is 0 Å². The molecule has 2 rings (SSSR count). The van der Waals surface area contributed by atoms with Crippen molar-refractivity contribution >= 4 is 11.3 Å². The predicted molar refractivity (Wildman–Crippen MR) is 79.4 cm³/mol. The molecule has 0 atom stereocenters. The quantitative estimate of drug-likeness (QED) is 0.825. The van der Waals surface area contributed by atoms with Crippen LogP contribution in [0.1, 0.15) is 25.3 Å². The number of unbranched alkanes of at least 4 members (excludes halogenated alkanes) is 1. The molecular weight excluding hydrogens is 258 g/mol. The molecule has 0 aromatic carbocycles. The molecular formula is C14H19N3OS. The molecule has 0 aliphatic rings. The van der Waals surface area contributed by atoms with Crippen LogP contribution in [0.5, 0.6) is 0 Å². The zero-order valence-electron chi connectivity index (χ0n) is 11.3. The van der Waals surface area contributed by atoms with Gasteiger partial charge in [-0.05, 0) is 30.5 Å². The Morgan fingerprint density at radius 1 is 1.47 bits per heavy atom. The van der Waals surface area contributed by atoms with E-state index in [0.29, 0.717) is 6.54 Å². The summed E-state index contributed by atoms with van der Waals surface area (Å²) in [5.41, 5.74) is 1.62. The third kappa shape index (κ3) is 3.52. The van der Waals surface area contributed by atoms with Crippen LogP contribution in [0.4, 0.5) is 0 Å². The molecule has 4 nitrogen and oxygen atoms in total. The van der Waals surface area contributed by atoms with Crippen molar-refractivity contribution in [2.45, 2.75) is 26.3 Å². The summed E-state index contributed by atoms with van der Waals surface area (Å²) in [6.45, 7) is 3.70. The van der Waals surface area contributed by atoms with Gasteiger partial charge < -0.3 is 5.32 Å². The zero-order valence-corrected chi connectivity index (χ0v) is 12.2. The van der Waals surface area contributed by atoms with Gasteiger partial charge in [0.1, 0.15) is 5.69 Å². The van der Waals surface area contributed by atoms with Crippen molar-refractivity contribution in [3.05, 3.63) is 39.5 Å². The third-order valence-corrected chi connectivity index (χ3v) is 3.83. The number of hydrogen-bond acceptors (Lipinski definition) is 4. The maximum Gasteiger partial charge on any atom is 0.271 e. The Morgan fingerprint density at radius 3 is 3.00 bits per heavy atom. The van der Waals surface area contributed by atoms with Crippen LogP contribution in [0.2, 0.25) is 0 Å². The van der Waals surface area contributed by atoms with Gasteiger partial charge >= 0.3 is 0 Å². The van der Waals surface area contributed by atoms with Gasteiger partial charge in [-0.1, -0.05) is 19.4 Å². The van der Waals surface area contributed by atoms with Gasteiger partial charge in [0.25, 0.3) is 5.56 Å². The van der Waals surface area contributed by atoms with Crippen LogP contribution in [0.3, 0.4) is 0 Å². The van der Waals surface area contributed by atoms with Crippen LogP contribution in [0.15, 0.2) is 28.4 Å². The lowest BCUT2D eigenvalue weighted by Gasteiger charge is -2.07. The van der Waals surface area contributed by atoms with Crippen LogP contribution < -0.4 is 10.9 Å². The number of aromatic nitrogens is 2. The minimum Gasteiger partial charge on any atom is -0.312 e. The van der Waals surface area contributed by atoms with Crippen LogP contribution >= 0.6 is 11.3 Å². The van der Waals surface area contributed by atoms with E-state index < -0.39 is 0 Å². The number of hydrogen-bond donors (Lipinski definition) is 1. The molecule has 5 heteroatoms. The maximum atomic E-state index is 12.0. The van der Waals surface area contributed by atoms with Crippen molar-refractivity contribution in [3.63, 3.8) is 0 Å². The zero-order chi connectivity index (χ0) is 13.7. The van der Waals surface area contributed by atoms with Crippen LogP contribution in [-0.2, 0) is 13.6 Å². The Labute approximate surface area is 117 Å². The Balaban J connectivity index is 2.20. The van der Waals surface area contributed by atoms with E-state index in [1.165, 1.54) is 4.68 Å². The smallest absolute Gasteiger partial charge is 0.271 e. The summed E-state index contributed by atoms with van der Waals surface area (Å²) < 4.78 is 1.42. The molecule has 0 radical (unpaired) electrons. The number of rotatable bonds is 6. The topological polar surface area (TPSA) is 46.9 Å². The van der Waals surface area contributed by atoms with Gasteiger partial charge in [-0.15, -0.1) is 11.3 Å². The van der Waals surface area contributed by atoms with E-state index >= 15 is 0 Å². The summed E-state index contributed by atoms with van der Waals surface area (Å²) in [6.07, 6.45) is 2.28. The van der Waals surface area contributed by atoms with Crippen molar-refractivity contribution < 1.29 is 0 Å². The number of thiophene rings is 1. The van der Waals surface area contributed by atoms with Crippen LogP contribution in [0.25, 0.3) is 10.6 Å². The predicted octanol–water partition coefficient (Wildman–Crippen LogP) is 2.40. The van der Waals surface area contributed by atoms with E-state index in [2.05, 4.69) is 17.3 Å². The lowest BCUT2D eigenvalue weighted by Crippen LogP contribution is -2.27. The van der Waals surface area contributed by atoms with Gasteiger partial charge in [0.15, 0.2) is 0 Å². The summed E-state index contributed by atoms with van der Waals surface area (Å²) in [5.74, 6) is 0. The molecule has 2 aromatic rings. The molecule has 0 aliphatic heterocycles. The van der Waals surface area contributed by atoms with Crippen molar-refractivity contribution in [3.8, 4) is 10.6 Å². The molecule has 19 heavy (non-hydrogen) atoms. The first kappa shape index (κ1) is 14.0. The number of aryl methyl sites for hydroxylation is 1. The second-order valence-corrected chi connectivity index (χ2v) is 5.44. The molecule has 0 fully saturated rings. The highest BCUT2D eigenvalue weighted by molar-refractivity contribution is 7.13. The first-order valence-electron chi connectivity index (χ1n) is 6.54. The number of nitrogens with zero attached hydrogens (tertiary/aromatic N) is 2. The van der Waals surface area contributed by atoms with Crippen LogP contribution in [-0.4, -0.2) is 16.3 Å². The lowest BCUT2D eigenvalue weighted by molar-refractivity contribution is 0.623. The van der Waals surface area contributed by atoms with E-state index in [1.54, 1.807) is 18.4 Å². The van der Waals surface area contributed by atoms with Gasteiger partial charge in [-0.2, -0.15) is 5.10 Å². The fourth-order valence-corrected chi connectivity index (χ4v) is 2.55. The molecule has 0 amide bonds. The minimum atomic E-state index is -0.0238. The van der Waals surface area contributed by atoms with Gasteiger partial charge in [0.05, 0.1) is 4.88 Å². The van der Waals surface area contributed by atoms with E-state index in [1.807, 2.05) is 23.6 Å². The molecule has 1 N–H and O–H groups in total. The Hall–Kier alpha value is -1.46. The highest BCUT2D eigenvalue weighted by atomic mass is 32.1. The Bertz CT molecular complexity index is 575. The molecule has 2 aromatic heterocycles. The third-order valence-electron chi connectivity index (χ3n) is 2.93. The van der Waals surface area contributed by atoms with E-state index in [9.17, 15) is 4.79 Å². The van der Waals surface area contributed by atoms with Gasteiger partial charge in [-0.25, -0.2) is 4.68 Å². The highest BCUT2D eigenvalue weighted by Crippen LogP contribution is 2.21. The lowest BCUT2D eigenvalue weighted by atomic mass is 10.2. The van der Waals surface area contributed by atoms with Gasteiger partial charge in [-0.3, -0.25) is 4.79 Å². The summed E-state index contributed by atoms with van der Waals surface area (Å²) in [5, 5.41) is 9.63. The van der Waals surface area contributed by atoms with Crippen molar-refractivity contribution in [2.24, 2.45) is 7.05 Å². The van der Waals surface area contributed by atoms with E-state index in [-0.39, 0.29) is 5.56 Å². The molecule has 0 aliphatic carbocycles. The van der Waals surface area contributed by atoms with Crippen molar-refractivity contribution in [1.82, 2.24) is 15.1 Å². The van der Waals surface area contributed by atoms with Gasteiger partial charge in [0, 0.05) is 19.2 Å². The Kier molecular flexibility index (Phi) is 4.87. The molecule has 102 valence electrons. The summed E-state index contributed by atoms with van der Waals surface area (Å²) in [6, 6.07) is 5.91.